The van der Waals surface area contributed by atoms with E-state index in [1.165, 1.54) is 11.3 Å². The molecule has 6 heteroatoms. The molecule has 1 fully saturated rings. The van der Waals surface area contributed by atoms with Gasteiger partial charge in [0, 0.05) is 57.9 Å². The lowest BCUT2D eigenvalue weighted by molar-refractivity contribution is -0.140. The minimum atomic E-state index is -0.125. The summed E-state index contributed by atoms with van der Waals surface area (Å²) in [6, 6.07) is 12.3. The highest BCUT2D eigenvalue weighted by Crippen LogP contribution is 2.18. The molecule has 0 aliphatic carbocycles. The normalized spacial score (nSPS) is 14.1. The van der Waals surface area contributed by atoms with Gasteiger partial charge in [0.05, 0.1) is 0 Å². The zero-order valence-corrected chi connectivity index (χ0v) is 16.7. The van der Waals surface area contributed by atoms with Gasteiger partial charge in [0.15, 0.2) is 0 Å². The van der Waals surface area contributed by atoms with Crippen LogP contribution in [0.3, 0.4) is 0 Å². The van der Waals surface area contributed by atoms with Crippen LogP contribution in [-0.2, 0) is 16.0 Å². The van der Waals surface area contributed by atoms with Crippen LogP contribution < -0.4 is 4.90 Å². The van der Waals surface area contributed by atoms with Gasteiger partial charge in [-0.2, -0.15) is 0 Å². The summed E-state index contributed by atoms with van der Waals surface area (Å²) < 4.78 is 0. The fourth-order valence-electron chi connectivity index (χ4n) is 3.39. The monoisotopic (exact) mass is 380 g/mol. The molecule has 1 aromatic heterocycles. The molecule has 0 spiro atoms. The Kier molecular flexibility index (Phi) is 6.63. The van der Waals surface area contributed by atoms with Crippen molar-refractivity contribution in [3.05, 3.63) is 59.9 Å². The average molecular weight is 380 g/mol. The number of amides is 2. The molecule has 1 aliphatic rings. The Bertz CT molecular complexity index is 801. The molecule has 0 atom stereocenters. The van der Waals surface area contributed by atoms with Crippen molar-refractivity contribution in [1.29, 1.82) is 0 Å². The molecule has 28 heavy (non-hydrogen) atoms. The summed E-state index contributed by atoms with van der Waals surface area (Å²) in [5, 5.41) is 0. The van der Waals surface area contributed by atoms with Crippen LogP contribution in [0, 0.1) is 6.92 Å². The molecular formula is C22H28N4O2. The van der Waals surface area contributed by atoms with Crippen LogP contribution >= 0.6 is 0 Å². The number of nitrogens with zero attached hydrogens (tertiary/aromatic N) is 4. The third kappa shape index (κ3) is 5.31. The maximum absolute atomic E-state index is 12.5. The lowest BCUT2D eigenvalue weighted by Crippen LogP contribution is -2.49. The summed E-state index contributed by atoms with van der Waals surface area (Å²) in [5.74, 6) is -0.204. The number of pyridine rings is 1. The highest BCUT2D eigenvalue weighted by atomic mass is 16.2. The van der Waals surface area contributed by atoms with Crippen molar-refractivity contribution in [2.45, 2.75) is 19.8 Å². The van der Waals surface area contributed by atoms with Gasteiger partial charge in [-0.1, -0.05) is 12.1 Å². The molecule has 1 aliphatic heterocycles. The van der Waals surface area contributed by atoms with E-state index in [2.05, 4.69) is 41.1 Å². The lowest BCUT2D eigenvalue weighted by atomic mass is 10.2. The highest BCUT2D eigenvalue weighted by Gasteiger charge is 2.24. The van der Waals surface area contributed by atoms with Crippen LogP contribution in [0.5, 0.6) is 0 Å². The summed E-state index contributed by atoms with van der Waals surface area (Å²) >= 11 is 0. The molecule has 2 heterocycles. The standard InChI is InChI=1S/C22H28N4O2/c1-18-4-3-5-20(16-18)25-12-14-26(15-13-25)22(28)17-21(27)24(2)11-8-19-6-9-23-10-7-19/h3-7,9-10,16H,8,11-15,17H2,1-2H3. The largest absolute Gasteiger partial charge is 0.368 e. The van der Waals surface area contributed by atoms with Crippen LogP contribution in [0.25, 0.3) is 0 Å². The molecule has 6 nitrogen and oxygen atoms in total. The minimum absolute atomic E-state index is 0.0582. The summed E-state index contributed by atoms with van der Waals surface area (Å²) in [6.07, 6.45) is 4.19. The Balaban J connectivity index is 1.44. The number of hydrogen-bond donors (Lipinski definition) is 0. The number of aryl methyl sites for hydroxylation is 1. The van der Waals surface area contributed by atoms with E-state index in [0.29, 0.717) is 19.6 Å². The second-order valence-corrected chi connectivity index (χ2v) is 7.30. The second-order valence-electron chi connectivity index (χ2n) is 7.30. The van der Waals surface area contributed by atoms with Gasteiger partial charge >= 0.3 is 0 Å². The van der Waals surface area contributed by atoms with Crippen molar-refractivity contribution < 1.29 is 9.59 Å². The molecule has 0 unspecified atom stereocenters. The molecule has 2 amide bonds. The number of benzene rings is 1. The summed E-state index contributed by atoms with van der Waals surface area (Å²) in [6.45, 7) is 5.57. The predicted octanol–water partition coefficient (Wildman–Crippen LogP) is 2.13. The smallest absolute Gasteiger partial charge is 0.232 e. The maximum atomic E-state index is 12.5. The fourth-order valence-corrected chi connectivity index (χ4v) is 3.39. The van der Waals surface area contributed by atoms with Crippen molar-refractivity contribution in [2.24, 2.45) is 0 Å². The molecule has 148 valence electrons. The second kappa shape index (κ2) is 9.35. The van der Waals surface area contributed by atoms with Gasteiger partial charge in [-0.25, -0.2) is 0 Å². The van der Waals surface area contributed by atoms with Crippen LogP contribution in [0.2, 0.25) is 0 Å². The number of carbonyl (C=O) groups is 2. The fraction of sp³-hybridized carbons (Fsp3) is 0.409. The number of carbonyl (C=O) groups excluding carboxylic acids is 2. The van der Waals surface area contributed by atoms with Gasteiger partial charge in [-0.3, -0.25) is 14.6 Å². The lowest BCUT2D eigenvalue weighted by Gasteiger charge is -2.36. The Morgan fingerprint density at radius 2 is 1.79 bits per heavy atom. The SMILES string of the molecule is Cc1cccc(N2CCN(C(=O)CC(=O)N(C)CCc3ccncc3)CC2)c1. The Morgan fingerprint density at radius 3 is 2.46 bits per heavy atom. The third-order valence-electron chi connectivity index (χ3n) is 5.21. The predicted molar refractivity (Wildman–Crippen MR) is 110 cm³/mol. The third-order valence-corrected chi connectivity index (χ3v) is 5.21. The minimum Gasteiger partial charge on any atom is -0.368 e. The van der Waals surface area contributed by atoms with E-state index in [-0.39, 0.29) is 18.2 Å². The van der Waals surface area contributed by atoms with Crippen molar-refractivity contribution in [3.63, 3.8) is 0 Å². The first-order valence-electron chi connectivity index (χ1n) is 9.75. The first-order chi connectivity index (χ1) is 13.5. The molecule has 1 saturated heterocycles. The van der Waals surface area contributed by atoms with E-state index >= 15 is 0 Å². The van der Waals surface area contributed by atoms with E-state index < -0.39 is 0 Å². The van der Waals surface area contributed by atoms with Gasteiger partial charge in [0.2, 0.25) is 11.8 Å². The summed E-state index contributed by atoms with van der Waals surface area (Å²) in [7, 11) is 1.76. The first-order valence-corrected chi connectivity index (χ1v) is 9.75. The Labute approximate surface area is 166 Å². The summed E-state index contributed by atoms with van der Waals surface area (Å²) in [5.41, 5.74) is 3.56. The van der Waals surface area contributed by atoms with Gasteiger partial charge < -0.3 is 14.7 Å². The molecule has 1 aromatic carbocycles. The number of piperazine rings is 1. The van der Waals surface area contributed by atoms with Crippen molar-refractivity contribution in [3.8, 4) is 0 Å². The maximum Gasteiger partial charge on any atom is 0.232 e. The Hall–Kier alpha value is -2.89. The van der Waals surface area contributed by atoms with Gasteiger partial charge in [0.25, 0.3) is 0 Å². The van der Waals surface area contributed by atoms with Crippen LogP contribution in [0.15, 0.2) is 48.8 Å². The van der Waals surface area contributed by atoms with Crippen molar-refractivity contribution in [2.75, 3.05) is 44.7 Å². The van der Waals surface area contributed by atoms with Crippen LogP contribution in [0.4, 0.5) is 5.69 Å². The number of aromatic nitrogens is 1. The van der Waals surface area contributed by atoms with E-state index in [1.807, 2.05) is 12.1 Å². The van der Waals surface area contributed by atoms with Crippen molar-refractivity contribution >= 4 is 17.5 Å². The quantitative estimate of drug-likeness (QED) is 0.721. The zero-order valence-electron chi connectivity index (χ0n) is 16.7. The molecular weight excluding hydrogens is 352 g/mol. The molecule has 3 rings (SSSR count). The Morgan fingerprint density at radius 1 is 1.07 bits per heavy atom. The van der Waals surface area contributed by atoms with Gasteiger partial charge in [-0.15, -0.1) is 0 Å². The number of hydrogen-bond acceptors (Lipinski definition) is 4. The molecule has 0 radical (unpaired) electrons. The zero-order chi connectivity index (χ0) is 19.9. The molecule has 0 bridgehead atoms. The first kappa shape index (κ1) is 19.9. The van der Waals surface area contributed by atoms with E-state index in [0.717, 1.165) is 25.1 Å². The van der Waals surface area contributed by atoms with Crippen LogP contribution in [-0.4, -0.2) is 66.4 Å². The van der Waals surface area contributed by atoms with E-state index in [4.69, 9.17) is 0 Å². The molecule has 0 N–H and O–H groups in total. The summed E-state index contributed by atoms with van der Waals surface area (Å²) in [4.78, 5) is 34.7. The molecule has 2 aromatic rings. The number of anilines is 1. The number of rotatable bonds is 6. The highest BCUT2D eigenvalue weighted by molar-refractivity contribution is 5.96. The van der Waals surface area contributed by atoms with Gasteiger partial charge in [-0.05, 0) is 48.7 Å². The van der Waals surface area contributed by atoms with Crippen molar-refractivity contribution in [1.82, 2.24) is 14.8 Å². The van der Waals surface area contributed by atoms with E-state index in [9.17, 15) is 9.59 Å². The van der Waals surface area contributed by atoms with Gasteiger partial charge in [0.1, 0.15) is 6.42 Å². The average Bonchev–Trinajstić information content (AvgIpc) is 2.72. The van der Waals surface area contributed by atoms with Crippen LogP contribution in [0.1, 0.15) is 17.5 Å². The topological polar surface area (TPSA) is 56.8 Å². The number of likely N-dealkylation sites (N-methyl/N-ethyl adjacent to an activating group) is 1. The van der Waals surface area contributed by atoms with E-state index in [1.54, 1.807) is 29.2 Å². The molecule has 0 saturated carbocycles.